The Labute approximate surface area is 298 Å². The van der Waals surface area contributed by atoms with Crippen molar-refractivity contribution in [3.05, 3.63) is 63.6 Å². The molecule has 9 nitrogen and oxygen atoms in total. The standard InChI is InChI=1S/C36H52Cl2N4O5S/c1-34(2,3)13-11-29(19-25-7-9-30(10-8-25)48(46)39-16-12-31(43)44)42-33(45)32(26-20-27(37)22-28(38)21-26)40-36(42)14-17-41(18-15-36)24-47-23-35(4,5)6/h7-10,20-22,29,32,39-40H,11-19,23-24H2,1-6H3,(H,43,44). The molecule has 12 heteroatoms. The number of carboxylic acid groups (broad SMARTS) is 1. The molecule has 2 heterocycles. The van der Waals surface area contributed by atoms with Crippen LogP contribution in [0.5, 0.6) is 0 Å². The molecule has 48 heavy (non-hydrogen) atoms. The van der Waals surface area contributed by atoms with Crippen LogP contribution < -0.4 is 10.0 Å². The van der Waals surface area contributed by atoms with Gasteiger partial charge in [0.25, 0.3) is 0 Å². The maximum Gasteiger partial charge on any atom is 0.304 e. The van der Waals surface area contributed by atoms with Crippen LogP contribution >= 0.6 is 23.2 Å². The quantitative estimate of drug-likeness (QED) is 0.197. The number of piperidine rings is 1. The average Bonchev–Trinajstić information content (AvgIpc) is 3.26. The molecule has 2 saturated heterocycles. The number of nitrogens with zero attached hydrogens (tertiary/aromatic N) is 2. The normalized spacial score (nSPS) is 20.0. The van der Waals surface area contributed by atoms with Crippen molar-refractivity contribution in [3.63, 3.8) is 0 Å². The van der Waals surface area contributed by atoms with Crippen molar-refractivity contribution in [1.29, 1.82) is 0 Å². The molecular weight excluding hydrogens is 671 g/mol. The molecule has 2 aliphatic heterocycles. The zero-order valence-electron chi connectivity index (χ0n) is 29.1. The highest BCUT2D eigenvalue weighted by atomic mass is 35.5. The lowest BCUT2D eigenvalue weighted by molar-refractivity contribution is -0.138. The number of hydrogen-bond acceptors (Lipinski definition) is 6. The Balaban J connectivity index is 1.62. The fourth-order valence-electron chi connectivity index (χ4n) is 6.44. The summed E-state index contributed by atoms with van der Waals surface area (Å²) in [6.45, 7) is 16.1. The highest BCUT2D eigenvalue weighted by Gasteiger charge is 2.54. The van der Waals surface area contributed by atoms with Gasteiger partial charge in [-0.2, -0.15) is 0 Å². The minimum absolute atomic E-state index is 0.0185. The summed E-state index contributed by atoms with van der Waals surface area (Å²) in [4.78, 5) is 30.5. The first-order chi connectivity index (χ1) is 22.4. The van der Waals surface area contributed by atoms with Gasteiger partial charge in [0.05, 0.1) is 30.3 Å². The number of nitrogens with one attached hydrogen (secondary N) is 2. The first-order valence-corrected chi connectivity index (χ1v) is 18.7. The van der Waals surface area contributed by atoms with Crippen LogP contribution in [0.3, 0.4) is 0 Å². The number of halogens is 2. The zero-order chi connectivity index (χ0) is 35.3. The van der Waals surface area contributed by atoms with Crippen LogP contribution in [0.4, 0.5) is 0 Å². The number of likely N-dealkylation sites (tertiary alicyclic amines) is 1. The molecule has 2 aromatic carbocycles. The summed E-state index contributed by atoms with van der Waals surface area (Å²) in [6, 6.07) is 12.2. The van der Waals surface area contributed by atoms with E-state index in [-0.39, 0.29) is 35.7 Å². The lowest BCUT2D eigenvalue weighted by atomic mass is 9.85. The van der Waals surface area contributed by atoms with Gasteiger partial charge in [-0.05, 0) is 84.4 Å². The second-order valence-corrected chi connectivity index (χ2v) is 17.8. The third-order valence-corrected chi connectivity index (χ3v) is 10.4. The van der Waals surface area contributed by atoms with Gasteiger partial charge in [0.2, 0.25) is 5.91 Å². The van der Waals surface area contributed by atoms with Crippen LogP contribution in [0, 0.1) is 10.8 Å². The van der Waals surface area contributed by atoms with Crippen LogP contribution in [-0.4, -0.2) is 75.7 Å². The van der Waals surface area contributed by atoms with E-state index in [0.29, 0.717) is 34.7 Å². The van der Waals surface area contributed by atoms with E-state index in [0.717, 1.165) is 49.9 Å². The Morgan fingerprint density at radius 2 is 1.69 bits per heavy atom. The lowest BCUT2D eigenvalue weighted by Gasteiger charge is -2.48. The Hall–Kier alpha value is -2.05. The molecule has 4 rings (SSSR count). The molecule has 0 aromatic heterocycles. The minimum Gasteiger partial charge on any atom is -0.481 e. The first kappa shape index (κ1) is 38.7. The Morgan fingerprint density at radius 1 is 1.06 bits per heavy atom. The van der Waals surface area contributed by atoms with E-state index < -0.39 is 28.7 Å². The van der Waals surface area contributed by atoms with Crippen molar-refractivity contribution >= 4 is 46.1 Å². The number of hydrogen-bond donors (Lipinski definition) is 3. The summed E-state index contributed by atoms with van der Waals surface area (Å²) in [5, 5.41) is 13.7. The molecule has 0 bridgehead atoms. The number of aliphatic carboxylic acids is 1. The van der Waals surface area contributed by atoms with Crippen molar-refractivity contribution in [3.8, 4) is 0 Å². The molecule has 1 amide bonds. The van der Waals surface area contributed by atoms with Gasteiger partial charge >= 0.3 is 5.97 Å². The van der Waals surface area contributed by atoms with Gasteiger partial charge in [-0.15, -0.1) is 0 Å². The summed E-state index contributed by atoms with van der Waals surface area (Å²) < 4.78 is 21.5. The maximum atomic E-state index is 14.7. The highest BCUT2D eigenvalue weighted by Crippen LogP contribution is 2.42. The number of carboxylic acids is 1. The molecule has 2 fully saturated rings. The molecule has 266 valence electrons. The molecule has 1 spiro atoms. The fourth-order valence-corrected chi connectivity index (χ4v) is 7.82. The zero-order valence-corrected chi connectivity index (χ0v) is 31.4. The van der Waals surface area contributed by atoms with E-state index in [4.69, 9.17) is 33.0 Å². The van der Waals surface area contributed by atoms with E-state index in [1.54, 1.807) is 6.07 Å². The van der Waals surface area contributed by atoms with Gasteiger partial charge in [0.15, 0.2) is 0 Å². The predicted octanol–water partition coefficient (Wildman–Crippen LogP) is 6.80. The smallest absolute Gasteiger partial charge is 0.304 e. The summed E-state index contributed by atoms with van der Waals surface area (Å²) in [7, 11) is -1.52. The fraction of sp³-hybridized carbons (Fsp3) is 0.611. The van der Waals surface area contributed by atoms with Gasteiger partial charge < -0.3 is 14.7 Å². The molecular formula is C36H52Cl2N4O5S. The first-order valence-electron chi connectivity index (χ1n) is 16.8. The van der Waals surface area contributed by atoms with Crippen LogP contribution in [0.15, 0.2) is 47.4 Å². The molecule has 3 N–H and O–H groups in total. The Kier molecular flexibility index (Phi) is 13.2. The lowest BCUT2D eigenvalue weighted by Crippen LogP contribution is -2.61. The second-order valence-electron chi connectivity index (χ2n) is 15.6. The maximum absolute atomic E-state index is 14.7. The summed E-state index contributed by atoms with van der Waals surface area (Å²) >= 11 is 12.9. The summed E-state index contributed by atoms with van der Waals surface area (Å²) in [5.74, 6) is -0.926. The van der Waals surface area contributed by atoms with Gasteiger partial charge in [-0.25, -0.2) is 8.93 Å². The van der Waals surface area contributed by atoms with Gasteiger partial charge in [0, 0.05) is 35.7 Å². The predicted molar refractivity (Wildman–Crippen MR) is 192 cm³/mol. The third kappa shape index (κ3) is 11.0. The number of benzene rings is 2. The van der Waals surface area contributed by atoms with E-state index >= 15 is 0 Å². The minimum atomic E-state index is -1.52. The van der Waals surface area contributed by atoms with Crippen molar-refractivity contribution in [1.82, 2.24) is 19.8 Å². The Morgan fingerprint density at radius 3 is 2.25 bits per heavy atom. The van der Waals surface area contributed by atoms with E-state index in [2.05, 4.69) is 61.4 Å². The molecule has 3 atom stereocenters. The number of amides is 1. The van der Waals surface area contributed by atoms with E-state index in [1.807, 2.05) is 36.4 Å². The second kappa shape index (κ2) is 16.3. The van der Waals surface area contributed by atoms with E-state index in [9.17, 15) is 13.8 Å². The molecule has 3 unspecified atom stereocenters. The molecule has 2 aromatic rings. The van der Waals surface area contributed by atoms with Crippen LogP contribution in [0.1, 0.15) is 90.8 Å². The highest BCUT2D eigenvalue weighted by molar-refractivity contribution is 7.83. The van der Waals surface area contributed by atoms with Crippen molar-refractivity contribution in [2.45, 2.75) is 103 Å². The SMILES string of the molecule is CC(C)(C)CCC(Cc1ccc(S(=O)NCCC(=O)O)cc1)N1C(=O)C(c2cc(Cl)cc(Cl)c2)NC12CCN(COCC(C)(C)C)CC2. The topological polar surface area (TPSA) is 111 Å². The summed E-state index contributed by atoms with van der Waals surface area (Å²) in [5.41, 5.74) is 1.38. The van der Waals surface area contributed by atoms with Crippen LogP contribution in [0.25, 0.3) is 0 Å². The number of ether oxygens (including phenoxy) is 1. The van der Waals surface area contributed by atoms with Gasteiger partial charge in [-0.1, -0.05) is 76.9 Å². The van der Waals surface area contributed by atoms with Crippen molar-refractivity contribution in [2.24, 2.45) is 10.8 Å². The summed E-state index contributed by atoms with van der Waals surface area (Å²) in [6.07, 6.45) is 3.75. The largest absolute Gasteiger partial charge is 0.481 e. The van der Waals surface area contributed by atoms with Crippen LogP contribution in [-0.2, 0) is 31.7 Å². The third-order valence-electron chi connectivity index (χ3n) is 8.84. The van der Waals surface area contributed by atoms with E-state index in [1.165, 1.54) is 0 Å². The van der Waals surface area contributed by atoms with Crippen LogP contribution in [0.2, 0.25) is 10.0 Å². The molecule has 0 saturated carbocycles. The monoisotopic (exact) mass is 722 g/mol. The number of rotatable bonds is 14. The van der Waals surface area contributed by atoms with Crippen molar-refractivity contribution < 1.29 is 23.6 Å². The number of carbonyl (C=O) groups excluding carboxylic acids is 1. The molecule has 0 radical (unpaired) electrons. The van der Waals surface area contributed by atoms with Gasteiger partial charge in [-0.3, -0.25) is 19.8 Å². The van der Waals surface area contributed by atoms with Crippen molar-refractivity contribution in [2.75, 3.05) is 33.0 Å². The number of carbonyl (C=O) groups is 2. The average molecular weight is 724 g/mol. The molecule has 2 aliphatic rings. The molecule has 0 aliphatic carbocycles. The Bertz CT molecular complexity index is 1420. The van der Waals surface area contributed by atoms with Gasteiger partial charge in [0.1, 0.15) is 17.0 Å².